The summed E-state index contributed by atoms with van der Waals surface area (Å²) in [5, 5.41) is 7.01. The van der Waals surface area contributed by atoms with Gasteiger partial charge in [0, 0.05) is 23.3 Å². The third-order valence-corrected chi connectivity index (χ3v) is 4.90. The quantitative estimate of drug-likeness (QED) is 0.850. The number of halogens is 1. The van der Waals surface area contributed by atoms with Crippen LogP contribution in [0.3, 0.4) is 0 Å². The second-order valence-electron chi connectivity index (χ2n) is 5.90. The van der Waals surface area contributed by atoms with Crippen molar-refractivity contribution in [1.82, 2.24) is 5.32 Å². The van der Waals surface area contributed by atoms with Crippen LogP contribution in [0.15, 0.2) is 18.2 Å². The van der Waals surface area contributed by atoms with Crippen LogP contribution in [-0.2, 0) is 0 Å². The molecular formula is C17H25ClN2O. The third-order valence-electron chi connectivity index (χ3n) is 4.66. The highest BCUT2D eigenvalue weighted by atomic mass is 35.5. The first-order valence-electron chi connectivity index (χ1n) is 7.91. The number of benzene rings is 1. The lowest BCUT2D eigenvalue weighted by Crippen LogP contribution is -2.37. The molecule has 2 N–H and O–H groups in total. The van der Waals surface area contributed by atoms with Gasteiger partial charge < -0.3 is 10.6 Å². The number of hydrogen-bond acceptors (Lipinski definition) is 2. The molecule has 1 fully saturated rings. The first kappa shape index (κ1) is 16.2. The van der Waals surface area contributed by atoms with E-state index in [1.807, 2.05) is 19.1 Å². The summed E-state index contributed by atoms with van der Waals surface area (Å²) in [6.45, 7) is 7.27. The van der Waals surface area contributed by atoms with Gasteiger partial charge >= 0.3 is 0 Å². The summed E-state index contributed by atoms with van der Waals surface area (Å²) in [7, 11) is 0. The zero-order chi connectivity index (χ0) is 15.4. The minimum atomic E-state index is -0.0259. The molecule has 1 amide bonds. The maximum absolute atomic E-state index is 12.6. The van der Waals surface area contributed by atoms with Crippen molar-refractivity contribution in [3.05, 3.63) is 28.8 Å². The zero-order valence-electron chi connectivity index (χ0n) is 13.1. The average Bonchev–Trinajstić information content (AvgIpc) is 2.81. The molecule has 0 aromatic heterocycles. The van der Waals surface area contributed by atoms with Gasteiger partial charge in [0.1, 0.15) is 0 Å². The van der Waals surface area contributed by atoms with Gasteiger partial charge in [-0.2, -0.15) is 0 Å². The molecule has 1 aromatic carbocycles. The fourth-order valence-corrected chi connectivity index (χ4v) is 3.49. The van der Waals surface area contributed by atoms with Gasteiger partial charge in [-0.1, -0.05) is 31.9 Å². The van der Waals surface area contributed by atoms with Gasteiger partial charge in [-0.3, -0.25) is 4.79 Å². The molecular weight excluding hydrogens is 284 g/mol. The lowest BCUT2D eigenvalue weighted by Gasteiger charge is -2.22. The molecule has 0 radical (unpaired) electrons. The van der Waals surface area contributed by atoms with E-state index < -0.39 is 0 Å². The Kier molecular flexibility index (Phi) is 5.51. The van der Waals surface area contributed by atoms with Crippen LogP contribution in [0.4, 0.5) is 5.69 Å². The Morgan fingerprint density at radius 1 is 1.33 bits per heavy atom. The summed E-state index contributed by atoms with van der Waals surface area (Å²) in [6, 6.07) is 5.69. The monoisotopic (exact) mass is 308 g/mol. The van der Waals surface area contributed by atoms with E-state index in [0.29, 0.717) is 16.5 Å². The summed E-state index contributed by atoms with van der Waals surface area (Å²) in [6.07, 6.45) is 3.47. The van der Waals surface area contributed by atoms with E-state index in [0.717, 1.165) is 24.6 Å². The lowest BCUT2D eigenvalue weighted by molar-refractivity contribution is 0.0927. The fourth-order valence-electron chi connectivity index (χ4n) is 3.32. The van der Waals surface area contributed by atoms with Gasteiger partial charge in [0.15, 0.2) is 0 Å². The van der Waals surface area contributed by atoms with Crippen LogP contribution in [0, 0.1) is 11.8 Å². The Hall–Kier alpha value is -1.22. The number of rotatable bonds is 5. The van der Waals surface area contributed by atoms with Crippen LogP contribution in [0.5, 0.6) is 0 Å². The van der Waals surface area contributed by atoms with Crippen LogP contribution in [0.25, 0.3) is 0 Å². The maximum atomic E-state index is 12.6. The molecule has 0 spiro atoms. The van der Waals surface area contributed by atoms with Gasteiger partial charge in [0.2, 0.25) is 0 Å². The van der Waals surface area contributed by atoms with Crippen molar-refractivity contribution in [3.63, 3.8) is 0 Å². The minimum absolute atomic E-state index is 0.0259. The molecule has 1 aliphatic rings. The lowest BCUT2D eigenvalue weighted by atomic mass is 9.93. The van der Waals surface area contributed by atoms with E-state index in [2.05, 4.69) is 24.5 Å². The Morgan fingerprint density at radius 2 is 2.10 bits per heavy atom. The summed E-state index contributed by atoms with van der Waals surface area (Å²) < 4.78 is 0. The molecule has 1 aliphatic carbocycles. The molecule has 0 heterocycles. The summed E-state index contributed by atoms with van der Waals surface area (Å²) >= 11 is 6.04. The van der Waals surface area contributed by atoms with E-state index in [4.69, 9.17) is 11.6 Å². The second kappa shape index (κ2) is 7.17. The molecule has 4 heteroatoms. The van der Waals surface area contributed by atoms with E-state index in [-0.39, 0.29) is 11.9 Å². The Morgan fingerprint density at radius 3 is 2.71 bits per heavy atom. The summed E-state index contributed by atoms with van der Waals surface area (Å²) in [4.78, 5) is 12.6. The SMILES string of the molecule is CCNc1ccc(Cl)cc1C(=O)NC1CCC(CC)C1C. The molecule has 3 atom stereocenters. The molecule has 1 aromatic rings. The molecule has 21 heavy (non-hydrogen) atoms. The highest BCUT2D eigenvalue weighted by Crippen LogP contribution is 2.34. The van der Waals surface area contributed by atoms with Crippen LogP contribution in [0.1, 0.15) is 50.4 Å². The minimum Gasteiger partial charge on any atom is -0.385 e. The number of carbonyl (C=O) groups is 1. The number of nitrogens with one attached hydrogen (secondary N) is 2. The first-order chi connectivity index (χ1) is 10.1. The van der Waals surface area contributed by atoms with Crippen molar-refractivity contribution >= 4 is 23.2 Å². The Bertz CT molecular complexity index is 504. The van der Waals surface area contributed by atoms with Gasteiger partial charge in [-0.05, 0) is 49.8 Å². The number of anilines is 1. The molecule has 0 bridgehead atoms. The Labute approximate surface area is 132 Å². The first-order valence-corrected chi connectivity index (χ1v) is 8.28. The normalized spacial score (nSPS) is 24.9. The Balaban J connectivity index is 2.12. The van der Waals surface area contributed by atoms with Crippen molar-refractivity contribution in [1.29, 1.82) is 0 Å². The van der Waals surface area contributed by atoms with Crippen molar-refractivity contribution in [2.75, 3.05) is 11.9 Å². The number of amides is 1. The molecule has 0 saturated heterocycles. The van der Waals surface area contributed by atoms with Crippen molar-refractivity contribution in [3.8, 4) is 0 Å². The van der Waals surface area contributed by atoms with Gasteiger partial charge in [-0.25, -0.2) is 0 Å². The standard InChI is InChI=1S/C17H25ClN2O/c1-4-12-6-8-15(11(12)3)20-17(21)14-10-13(18)7-9-16(14)19-5-2/h7,9-12,15,19H,4-6,8H2,1-3H3,(H,20,21). The van der Waals surface area contributed by atoms with E-state index in [1.54, 1.807) is 6.07 Å². The molecule has 3 unspecified atom stereocenters. The highest BCUT2D eigenvalue weighted by molar-refractivity contribution is 6.31. The van der Waals surface area contributed by atoms with Crippen LogP contribution in [-0.4, -0.2) is 18.5 Å². The highest BCUT2D eigenvalue weighted by Gasteiger charge is 2.32. The number of hydrogen-bond donors (Lipinski definition) is 2. The van der Waals surface area contributed by atoms with E-state index >= 15 is 0 Å². The second-order valence-corrected chi connectivity index (χ2v) is 6.34. The number of carbonyl (C=O) groups excluding carboxylic acids is 1. The molecule has 116 valence electrons. The summed E-state index contributed by atoms with van der Waals surface area (Å²) in [5.74, 6) is 1.24. The molecule has 3 nitrogen and oxygen atoms in total. The molecule has 1 saturated carbocycles. The van der Waals surface area contributed by atoms with Crippen molar-refractivity contribution in [2.45, 2.75) is 46.1 Å². The zero-order valence-corrected chi connectivity index (χ0v) is 13.8. The van der Waals surface area contributed by atoms with Gasteiger partial charge in [0.05, 0.1) is 5.56 Å². The predicted octanol–water partition coefficient (Wildman–Crippen LogP) is 4.33. The van der Waals surface area contributed by atoms with Crippen LogP contribution >= 0.6 is 11.6 Å². The van der Waals surface area contributed by atoms with E-state index in [9.17, 15) is 4.79 Å². The van der Waals surface area contributed by atoms with Gasteiger partial charge in [-0.15, -0.1) is 0 Å². The van der Waals surface area contributed by atoms with Crippen LogP contribution < -0.4 is 10.6 Å². The maximum Gasteiger partial charge on any atom is 0.253 e. The molecule has 0 aliphatic heterocycles. The molecule has 2 rings (SSSR count). The largest absolute Gasteiger partial charge is 0.385 e. The topological polar surface area (TPSA) is 41.1 Å². The smallest absolute Gasteiger partial charge is 0.253 e. The average molecular weight is 309 g/mol. The predicted molar refractivity (Wildman–Crippen MR) is 89.0 cm³/mol. The van der Waals surface area contributed by atoms with Crippen LogP contribution in [0.2, 0.25) is 5.02 Å². The van der Waals surface area contributed by atoms with Crippen molar-refractivity contribution in [2.24, 2.45) is 11.8 Å². The fraction of sp³-hybridized carbons (Fsp3) is 0.588. The summed E-state index contributed by atoms with van der Waals surface area (Å²) in [5.41, 5.74) is 1.48. The third kappa shape index (κ3) is 3.70. The van der Waals surface area contributed by atoms with E-state index in [1.165, 1.54) is 12.8 Å². The van der Waals surface area contributed by atoms with Gasteiger partial charge in [0.25, 0.3) is 5.91 Å². The van der Waals surface area contributed by atoms with Crippen molar-refractivity contribution < 1.29 is 4.79 Å².